The second-order valence-electron chi connectivity index (χ2n) is 5.94. The maximum atomic E-state index is 12.1. The van der Waals surface area contributed by atoms with Gasteiger partial charge in [0.2, 0.25) is 10.0 Å². The van der Waals surface area contributed by atoms with Crippen molar-refractivity contribution in [3.8, 4) is 0 Å². The van der Waals surface area contributed by atoms with Gasteiger partial charge in [0.15, 0.2) is 0 Å². The summed E-state index contributed by atoms with van der Waals surface area (Å²) >= 11 is 0. The Morgan fingerprint density at radius 2 is 1.94 bits per heavy atom. The first-order chi connectivity index (χ1) is 7.31. The Balaban J connectivity index is 2.04. The van der Waals surface area contributed by atoms with E-state index in [9.17, 15) is 8.42 Å². The van der Waals surface area contributed by atoms with Gasteiger partial charge >= 0.3 is 0 Å². The molecule has 5 heteroatoms. The Hall–Kier alpha value is -0.130. The number of sulfonamides is 1. The first-order valence-corrected chi connectivity index (χ1v) is 7.65. The minimum Gasteiger partial charge on any atom is -0.327 e. The van der Waals surface area contributed by atoms with Crippen molar-refractivity contribution in [2.75, 3.05) is 18.8 Å². The van der Waals surface area contributed by atoms with Crippen molar-refractivity contribution in [1.82, 2.24) is 4.31 Å². The number of nitrogens with two attached hydrogens (primary N) is 1. The lowest BCUT2D eigenvalue weighted by molar-refractivity contribution is 0.155. The lowest BCUT2D eigenvalue weighted by atomic mass is 9.81. The van der Waals surface area contributed by atoms with Crippen molar-refractivity contribution in [2.45, 2.75) is 39.2 Å². The standard InChI is InChI=1S/C11H22N2O2S/c1-11(2)8-13(6-5-10(11)12)16(14,15)7-9-3-4-9/h9-10H,3-8,12H2,1-2H3. The predicted octanol–water partition coefficient (Wildman–Crippen LogP) is 0.785. The van der Waals surface area contributed by atoms with E-state index < -0.39 is 10.0 Å². The highest BCUT2D eigenvalue weighted by atomic mass is 32.2. The van der Waals surface area contributed by atoms with Crippen LogP contribution in [0.2, 0.25) is 0 Å². The summed E-state index contributed by atoms with van der Waals surface area (Å²) in [6.07, 6.45) is 2.93. The zero-order valence-electron chi connectivity index (χ0n) is 10.1. The van der Waals surface area contributed by atoms with Crippen LogP contribution in [0.4, 0.5) is 0 Å². The van der Waals surface area contributed by atoms with Crippen LogP contribution in [0.5, 0.6) is 0 Å². The van der Waals surface area contributed by atoms with Crippen LogP contribution in [0.1, 0.15) is 33.1 Å². The average Bonchev–Trinajstić information content (AvgIpc) is 2.92. The molecule has 1 saturated carbocycles. The largest absolute Gasteiger partial charge is 0.327 e. The van der Waals surface area contributed by atoms with Gasteiger partial charge < -0.3 is 5.73 Å². The summed E-state index contributed by atoms with van der Waals surface area (Å²) in [4.78, 5) is 0. The molecule has 0 spiro atoms. The van der Waals surface area contributed by atoms with Crippen LogP contribution < -0.4 is 5.73 Å². The van der Waals surface area contributed by atoms with E-state index in [1.807, 2.05) is 0 Å². The molecular formula is C11H22N2O2S. The van der Waals surface area contributed by atoms with Gasteiger partial charge in [0, 0.05) is 19.1 Å². The molecule has 1 aliphatic carbocycles. The van der Waals surface area contributed by atoms with Gasteiger partial charge in [0.05, 0.1) is 5.75 Å². The summed E-state index contributed by atoms with van der Waals surface area (Å²) in [6.45, 7) is 5.27. The molecule has 2 rings (SSSR count). The number of hydrogen-bond acceptors (Lipinski definition) is 3. The molecule has 0 aromatic rings. The monoisotopic (exact) mass is 246 g/mol. The van der Waals surface area contributed by atoms with Crippen LogP contribution in [0.3, 0.4) is 0 Å². The van der Waals surface area contributed by atoms with Gasteiger partial charge in [0.1, 0.15) is 0 Å². The van der Waals surface area contributed by atoms with Gasteiger partial charge in [-0.05, 0) is 30.6 Å². The fourth-order valence-electron chi connectivity index (χ4n) is 2.25. The predicted molar refractivity (Wildman–Crippen MR) is 64.5 cm³/mol. The summed E-state index contributed by atoms with van der Waals surface area (Å²) in [5.74, 6) is 0.766. The van der Waals surface area contributed by atoms with Crippen molar-refractivity contribution in [3.05, 3.63) is 0 Å². The lowest BCUT2D eigenvalue weighted by Crippen LogP contribution is -2.54. The van der Waals surface area contributed by atoms with Crippen molar-refractivity contribution in [1.29, 1.82) is 0 Å². The molecule has 1 unspecified atom stereocenters. The minimum absolute atomic E-state index is 0.102. The van der Waals surface area contributed by atoms with Crippen LogP contribution in [0.15, 0.2) is 0 Å². The summed E-state index contributed by atoms with van der Waals surface area (Å²) < 4.78 is 25.9. The quantitative estimate of drug-likeness (QED) is 0.800. The molecule has 1 atom stereocenters. The molecule has 1 aliphatic heterocycles. The first-order valence-electron chi connectivity index (χ1n) is 6.05. The van der Waals surface area contributed by atoms with Crippen molar-refractivity contribution >= 4 is 10.0 Å². The fourth-order valence-corrected chi connectivity index (χ4v) is 4.30. The van der Waals surface area contributed by atoms with Crippen molar-refractivity contribution in [3.63, 3.8) is 0 Å². The maximum Gasteiger partial charge on any atom is 0.214 e. The van der Waals surface area contributed by atoms with E-state index in [1.54, 1.807) is 4.31 Å². The van der Waals surface area contributed by atoms with Crippen molar-refractivity contribution < 1.29 is 8.42 Å². The summed E-state index contributed by atoms with van der Waals surface area (Å²) in [6, 6.07) is 0.111. The fraction of sp³-hybridized carbons (Fsp3) is 1.00. The van der Waals surface area contributed by atoms with Crippen LogP contribution in [-0.4, -0.2) is 37.6 Å². The van der Waals surface area contributed by atoms with Crippen molar-refractivity contribution in [2.24, 2.45) is 17.1 Å². The van der Waals surface area contributed by atoms with Gasteiger partial charge in [-0.15, -0.1) is 0 Å². The maximum absolute atomic E-state index is 12.1. The number of rotatable bonds is 3. The highest BCUT2D eigenvalue weighted by molar-refractivity contribution is 7.89. The second kappa shape index (κ2) is 3.96. The number of piperidine rings is 1. The lowest BCUT2D eigenvalue weighted by Gasteiger charge is -2.41. The number of hydrogen-bond donors (Lipinski definition) is 1. The van der Waals surface area contributed by atoms with E-state index in [1.165, 1.54) is 0 Å². The summed E-state index contributed by atoms with van der Waals surface area (Å²) in [7, 11) is -3.04. The second-order valence-corrected chi connectivity index (χ2v) is 7.95. The highest BCUT2D eigenvalue weighted by Crippen LogP contribution is 2.34. The van der Waals surface area contributed by atoms with Gasteiger partial charge in [-0.1, -0.05) is 13.8 Å². The highest BCUT2D eigenvalue weighted by Gasteiger charge is 2.40. The van der Waals surface area contributed by atoms with E-state index in [0.29, 0.717) is 24.8 Å². The Morgan fingerprint density at radius 3 is 2.44 bits per heavy atom. The third kappa shape index (κ3) is 2.57. The molecule has 0 aromatic carbocycles. The molecule has 2 N–H and O–H groups in total. The Morgan fingerprint density at radius 1 is 1.31 bits per heavy atom. The molecule has 16 heavy (non-hydrogen) atoms. The SMILES string of the molecule is CC1(C)CN(S(=O)(=O)CC2CC2)CCC1N. The molecule has 0 radical (unpaired) electrons. The summed E-state index contributed by atoms with van der Waals surface area (Å²) in [5, 5.41) is 0. The van der Waals surface area contributed by atoms with E-state index in [-0.39, 0.29) is 11.5 Å². The molecule has 1 saturated heterocycles. The third-order valence-electron chi connectivity index (χ3n) is 3.81. The van der Waals surface area contributed by atoms with E-state index in [2.05, 4.69) is 13.8 Å². The average molecular weight is 246 g/mol. The molecule has 0 bridgehead atoms. The normalized spacial score (nSPS) is 31.6. The van der Waals surface area contributed by atoms with Gasteiger partial charge in [-0.2, -0.15) is 0 Å². The summed E-state index contributed by atoms with van der Waals surface area (Å²) in [5.41, 5.74) is 5.91. The molecule has 0 aromatic heterocycles. The van der Waals surface area contributed by atoms with Crippen LogP contribution in [0.25, 0.3) is 0 Å². The molecular weight excluding hydrogens is 224 g/mol. The zero-order chi connectivity index (χ0) is 12.0. The van der Waals surface area contributed by atoms with E-state index in [0.717, 1.165) is 19.3 Å². The van der Waals surface area contributed by atoms with Gasteiger partial charge in [0.25, 0.3) is 0 Å². The van der Waals surface area contributed by atoms with E-state index >= 15 is 0 Å². The Kier molecular flexibility index (Phi) is 3.05. The Labute approximate surface area is 98.2 Å². The number of nitrogens with zero attached hydrogens (tertiary/aromatic N) is 1. The smallest absolute Gasteiger partial charge is 0.214 e. The molecule has 4 nitrogen and oxygen atoms in total. The molecule has 2 aliphatic rings. The van der Waals surface area contributed by atoms with Crippen LogP contribution >= 0.6 is 0 Å². The first kappa shape index (κ1) is 12.3. The van der Waals surface area contributed by atoms with Crippen LogP contribution in [0, 0.1) is 11.3 Å². The zero-order valence-corrected chi connectivity index (χ0v) is 11.0. The van der Waals surface area contributed by atoms with Gasteiger partial charge in [-0.3, -0.25) is 0 Å². The van der Waals surface area contributed by atoms with Gasteiger partial charge in [-0.25, -0.2) is 12.7 Å². The topological polar surface area (TPSA) is 63.4 Å². The van der Waals surface area contributed by atoms with Crippen LogP contribution in [-0.2, 0) is 10.0 Å². The molecule has 1 heterocycles. The molecule has 0 amide bonds. The minimum atomic E-state index is -3.04. The third-order valence-corrected chi connectivity index (χ3v) is 5.80. The molecule has 94 valence electrons. The Bertz CT molecular complexity index is 360. The van der Waals surface area contributed by atoms with E-state index in [4.69, 9.17) is 5.73 Å². The molecule has 2 fully saturated rings.